The van der Waals surface area contributed by atoms with Crippen LogP contribution in [0.2, 0.25) is 0 Å². The molecule has 2 aromatic heterocycles. The summed E-state index contributed by atoms with van der Waals surface area (Å²) in [6.45, 7) is 0. The number of ether oxygens (including phenoxy) is 1. The Balaban J connectivity index is 1.33. The van der Waals surface area contributed by atoms with Crippen LogP contribution in [0.3, 0.4) is 0 Å². The van der Waals surface area contributed by atoms with Crippen molar-refractivity contribution in [3.05, 3.63) is 51.1 Å². The monoisotopic (exact) mass is 449 g/mol. The van der Waals surface area contributed by atoms with E-state index in [9.17, 15) is 4.79 Å². The third kappa shape index (κ3) is 3.25. The van der Waals surface area contributed by atoms with Crippen molar-refractivity contribution in [2.45, 2.75) is 62.6 Å². The minimum absolute atomic E-state index is 0.0860. The number of hydrogen-bond acceptors (Lipinski definition) is 5. The zero-order chi connectivity index (χ0) is 22.0. The molecule has 2 saturated heterocycles. The highest BCUT2D eigenvalue weighted by Crippen LogP contribution is 2.44. The number of piperidine rings is 1. The molecule has 1 aromatic carbocycles. The van der Waals surface area contributed by atoms with E-state index in [4.69, 9.17) is 11.2 Å². The third-order valence-corrected chi connectivity index (χ3v) is 8.47. The van der Waals surface area contributed by atoms with Gasteiger partial charge in [-0.2, -0.15) is 0 Å². The average Bonchev–Trinajstić information content (AvgIpc) is 3.50. The van der Waals surface area contributed by atoms with E-state index in [-0.39, 0.29) is 23.2 Å². The molecule has 2 unspecified atom stereocenters. The minimum atomic E-state index is -0.544. The second kappa shape index (κ2) is 7.43. The summed E-state index contributed by atoms with van der Waals surface area (Å²) < 4.78 is 23.1. The molecule has 7 heteroatoms. The Morgan fingerprint density at radius 2 is 1.94 bits per heavy atom. The van der Waals surface area contributed by atoms with E-state index in [0.29, 0.717) is 34.0 Å². The molecule has 6 rings (SSSR count). The first kappa shape index (κ1) is 20.0. The van der Waals surface area contributed by atoms with Crippen LogP contribution in [0.4, 0.5) is 4.39 Å². The number of benzene rings is 1. The first-order valence-electron chi connectivity index (χ1n) is 11.2. The van der Waals surface area contributed by atoms with E-state index in [1.54, 1.807) is 12.1 Å². The lowest BCUT2D eigenvalue weighted by Gasteiger charge is -2.36. The highest BCUT2D eigenvalue weighted by Gasteiger charge is 2.39. The summed E-state index contributed by atoms with van der Waals surface area (Å²) in [4.78, 5) is 21.3. The molecule has 164 valence electrons. The van der Waals surface area contributed by atoms with Crippen LogP contribution in [-0.2, 0) is 0 Å². The van der Waals surface area contributed by atoms with Gasteiger partial charge in [-0.1, -0.05) is 0 Å². The molecular weight excluding hydrogens is 425 g/mol. The summed E-state index contributed by atoms with van der Waals surface area (Å²) in [5, 5.41) is 0. The van der Waals surface area contributed by atoms with Crippen LogP contribution in [0.15, 0.2) is 29.1 Å². The maximum absolute atomic E-state index is 15.2. The number of nitrogens with zero attached hydrogens (tertiary/aromatic N) is 3. The molecule has 2 aliphatic heterocycles. The van der Waals surface area contributed by atoms with Gasteiger partial charge in [-0.05, 0) is 75.6 Å². The lowest BCUT2D eigenvalue weighted by molar-refractivity contribution is 0.0660. The van der Waals surface area contributed by atoms with Crippen molar-refractivity contribution in [2.75, 3.05) is 7.05 Å². The van der Waals surface area contributed by atoms with Crippen LogP contribution in [0.1, 0.15) is 55.1 Å². The molecule has 0 radical (unpaired) electrons. The maximum atomic E-state index is 15.2. The highest BCUT2D eigenvalue weighted by atomic mass is 32.1. The molecule has 1 aliphatic carbocycles. The van der Waals surface area contributed by atoms with E-state index >= 15 is 4.39 Å². The third-order valence-electron chi connectivity index (χ3n) is 7.19. The smallest absolute Gasteiger partial charge is 0.276 e. The van der Waals surface area contributed by atoms with Gasteiger partial charge in [0.15, 0.2) is 11.6 Å². The average molecular weight is 450 g/mol. The van der Waals surface area contributed by atoms with Crippen LogP contribution in [0.25, 0.3) is 15.9 Å². The number of hydrogen-bond donors (Lipinski definition) is 0. The standard InChI is InChI=1S/C25H24FN3O2S/c1-3-23-27-20-13-22(14-4-5-14)32-24(20)25(30)29(23)21-9-8-17(12-19(21)26)31-18-10-15-6-7-16(11-18)28(15)2/h1,8-9,12-16,18H,4-7,10-11H2,2H3. The van der Waals surface area contributed by atoms with E-state index < -0.39 is 5.82 Å². The van der Waals surface area contributed by atoms with Crippen molar-refractivity contribution < 1.29 is 9.13 Å². The molecule has 0 N–H and O–H groups in total. The predicted octanol–water partition coefficient (Wildman–Crippen LogP) is 4.45. The van der Waals surface area contributed by atoms with Gasteiger partial charge < -0.3 is 9.64 Å². The van der Waals surface area contributed by atoms with Crippen molar-refractivity contribution in [3.63, 3.8) is 0 Å². The zero-order valence-corrected chi connectivity index (χ0v) is 18.7. The molecule has 2 atom stereocenters. The van der Waals surface area contributed by atoms with Crippen molar-refractivity contribution in [3.8, 4) is 23.8 Å². The Morgan fingerprint density at radius 3 is 2.59 bits per heavy atom. The van der Waals surface area contributed by atoms with Gasteiger partial charge in [0.25, 0.3) is 5.56 Å². The number of rotatable bonds is 4. The van der Waals surface area contributed by atoms with Crippen LogP contribution in [0.5, 0.6) is 5.75 Å². The maximum Gasteiger partial charge on any atom is 0.276 e. The topological polar surface area (TPSA) is 47.4 Å². The molecule has 1 saturated carbocycles. The van der Waals surface area contributed by atoms with Gasteiger partial charge in [0.2, 0.25) is 0 Å². The highest BCUT2D eigenvalue weighted by molar-refractivity contribution is 7.19. The van der Waals surface area contributed by atoms with Crippen molar-refractivity contribution in [1.29, 1.82) is 0 Å². The van der Waals surface area contributed by atoms with Gasteiger partial charge in [0.05, 0.1) is 11.2 Å². The summed E-state index contributed by atoms with van der Waals surface area (Å²) in [5.74, 6) is 3.03. The van der Waals surface area contributed by atoms with Crippen LogP contribution < -0.4 is 10.3 Å². The predicted molar refractivity (Wildman–Crippen MR) is 123 cm³/mol. The van der Waals surface area contributed by atoms with Gasteiger partial charge in [-0.25, -0.2) is 13.9 Å². The van der Waals surface area contributed by atoms with Gasteiger partial charge >= 0.3 is 0 Å². The fourth-order valence-electron chi connectivity index (χ4n) is 5.28. The molecule has 32 heavy (non-hydrogen) atoms. The van der Waals surface area contributed by atoms with Crippen LogP contribution in [0, 0.1) is 18.2 Å². The molecule has 4 heterocycles. The SMILES string of the molecule is C#Cc1nc2cc(C3CC3)sc2c(=O)n1-c1ccc(OC2CC3CCC(C2)N3C)cc1F. The zero-order valence-electron chi connectivity index (χ0n) is 17.9. The number of fused-ring (bicyclic) bond motifs is 3. The summed E-state index contributed by atoms with van der Waals surface area (Å²) in [7, 11) is 2.18. The van der Waals surface area contributed by atoms with Gasteiger partial charge in [0, 0.05) is 23.0 Å². The molecule has 0 amide bonds. The molecular formula is C25H24FN3O2S. The first-order valence-corrected chi connectivity index (χ1v) is 12.0. The second-order valence-electron chi connectivity index (χ2n) is 9.23. The molecule has 2 bridgehead atoms. The largest absolute Gasteiger partial charge is 0.490 e. The second-order valence-corrected chi connectivity index (χ2v) is 10.3. The van der Waals surface area contributed by atoms with E-state index in [1.165, 1.54) is 34.8 Å². The first-order chi connectivity index (χ1) is 15.5. The summed E-state index contributed by atoms with van der Waals surface area (Å²) in [5.41, 5.74) is 0.386. The molecule has 0 spiro atoms. The van der Waals surface area contributed by atoms with Gasteiger partial charge in [-0.15, -0.1) is 17.8 Å². The lowest BCUT2D eigenvalue weighted by Crippen LogP contribution is -2.43. The van der Waals surface area contributed by atoms with Gasteiger partial charge in [-0.3, -0.25) is 4.79 Å². The lowest BCUT2D eigenvalue weighted by atomic mass is 10.0. The Kier molecular flexibility index (Phi) is 4.63. The Hall–Kier alpha value is -2.69. The van der Waals surface area contributed by atoms with Crippen LogP contribution >= 0.6 is 11.3 Å². The summed E-state index contributed by atoms with van der Waals surface area (Å²) in [6.07, 6.45) is 12.3. The normalized spacial score (nSPS) is 25.2. The number of terminal acetylenes is 1. The Labute approximate surface area is 189 Å². The minimum Gasteiger partial charge on any atom is -0.490 e. The van der Waals surface area contributed by atoms with Crippen molar-refractivity contribution in [2.24, 2.45) is 0 Å². The summed E-state index contributed by atoms with van der Waals surface area (Å²) in [6, 6.07) is 7.69. The molecule has 5 nitrogen and oxygen atoms in total. The molecule has 3 fully saturated rings. The van der Waals surface area contributed by atoms with E-state index in [0.717, 1.165) is 30.6 Å². The fourth-order valence-corrected chi connectivity index (χ4v) is 6.48. The molecule has 3 aromatic rings. The van der Waals surface area contributed by atoms with Crippen molar-refractivity contribution in [1.82, 2.24) is 14.5 Å². The number of thiophene rings is 1. The quantitative estimate of drug-likeness (QED) is 0.552. The van der Waals surface area contributed by atoms with Crippen molar-refractivity contribution >= 4 is 21.6 Å². The number of aromatic nitrogens is 2. The Morgan fingerprint density at radius 1 is 1.19 bits per heavy atom. The molecule has 3 aliphatic rings. The van der Waals surface area contributed by atoms with E-state index in [2.05, 4.69) is 22.9 Å². The van der Waals surface area contributed by atoms with Gasteiger partial charge in [0.1, 0.15) is 16.6 Å². The van der Waals surface area contributed by atoms with Crippen LogP contribution in [-0.4, -0.2) is 39.7 Å². The van der Waals surface area contributed by atoms with E-state index in [1.807, 2.05) is 6.07 Å². The number of halogens is 1. The Bertz CT molecular complexity index is 1310. The summed E-state index contributed by atoms with van der Waals surface area (Å²) >= 11 is 1.45. The fraction of sp³-hybridized carbons (Fsp3) is 0.440.